The molecule has 1 unspecified atom stereocenters. The second-order valence-corrected chi connectivity index (χ2v) is 4.73. The van der Waals surface area contributed by atoms with E-state index in [-0.39, 0.29) is 5.50 Å². The predicted octanol–water partition coefficient (Wildman–Crippen LogP) is 1.68. The molecule has 0 aromatic rings. The van der Waals surface area contributed by atoms with Gasteiger partial charge in [0.05, 0.1) is 0 Å². The van der Waals surface area contributed by atoms with Crippen molar-refractivity contribution in [3.63, 3.8) is 0 Å². The van der Waals surface area contributed by atoms with Crippen LogP contribution in [0.25, 0.3) is 0 Å². The van der Waals surface area contributed by atoms with Crippen LogP contribution in [-0.4, -0.2) is 22.1 Å². The van der Waals surface area contributed by atoms with Gasteiger partial charge in [0.2, 0.25) is 0 Å². The van der Waals surface area contributed by atoms with Crippen molar-refractivity contribution in [2.45, 2.75) is 31.9 Å². The molecular weight excluding hydrogens is 188 g/mol. The Labute approximate surface area is 82.1 Å². The summed E-state index contributed by atoms with van der Waals surface area (Å²) in [5.74, 6) is 0. The van der Waals surface area contributed by atoms with Crippen molar-refractivity contribution >= 4 is 17.9 Å². The highest BCUT2D eigenvalue weighted by Gasteiger charge is 2.27. The molecule has 0 radical (unpaired) electrons. The highest BCUT2D eigenvalue weighted by Crippen LogP contribution is 2.22. The maximum atomic E-state index is 11.4. The molecule has 5 heteroatoms. The zero-order valence-corrected chi connectivity index (χ0v) is 8.80. The number of rotatable bonds is 0. The van der Waals surface area contributed by atoms with Crippen molar-refractivity contribution in [1.29, 1.82) is 0 Å². The van der Waals surface area contributed by atoms with Crippen LogP contribution in [0.1, 0.15) is 20.8 Å². The zero-order valence-electron chi connectivity index (χ0n) is 7.98. The Hall–Kier alpha value is -0.680. The number of hydrogen-bond donors (Lipinski definition) is 1. The van der Waals surface area contributed by atoms with Gasteiger partial charge in [0, 0.05) is 6.20 Å². The first-order valence-corrected chi connectivity index (χ1v) is 4.93. The van der Waals surface area contributed by atoms with Crippen molar-refractivity contribution in [1.82, 2.24) is 4.90 Å². The number of carbonyl (C=O) groups is 1. The van der Waals surface area contributed by atoms with E-state index in [1.807, 2.05) is 20.8 Å². The number of nitrogens with two attached hydrogens (primary N) is 1. The van der Waals surface area contributed by atoms with Gasteiger partial charge in [0.15, 0.2) is 0 Å². The standard InChI is InChI=1S/C8H14N2O2S/c1-8(2,3)12-7(11)10-4-5-13-6(10)9/h4-6H,9H2,1-3H3. The first kappa shape index (κ1) is 10.4. The predicted molar refractivity (Wildman–Crippen MR) is 52.8 cm³/mol. The van der Waals surface area contributed by atoms with Crippen LogP contribution in [-0.2, 0) is 4.74 Å². The summed E-state index contributed by atoms with van der Waals surface area (Å²) in [6, 6.07) is 0. The maximum Gasteiger partial charge on any atom is 0.416 e. The lowest BCUT2D eigenvalue weighted by Crippen LogP contribution is -2.40. The van der Waals surface area contributed by atoms with E-state index in [2.05, 4.69) is 0 Å². The summed E-state index contributed by atoms with van der Waals surface area (Å²) in [6.45, 7) is 5.47. The highest BCUT2D eigenvalue weighted by molar-refractivity contribution is 8.02. The van der Waals surface area contributed by atoms with Crippen molar-refractivity contribution in [2.24, 2.45) is 5.73 Å². The summed E-state index contributed by atoms with van der Waals surface area (Å²) in [5, 5.41) is 1.77. The Morgan fingerprint density at radius 2 is 2.23 bits per heavy atom. The van der Waals surface area contributed by atoms with Crippen LogP contribution in [0.4, 0.5) is 4.79 Å². The monoisotopic (exact) mass is 202 g/mol. The largest absolute Gasteiger partial charge is 0.443 e. The van der Waals surface area contributed by atoms with E-state index in [0.717, 1.165) is 0 Å². The number of hydrogen-bond acceptors (Lipinski definition) is 4. The molecule has 1 atom stereocenters. The minimum atomic E-state index is -0.474. The van der Waals surface area contributed by atoms with Gasteiger partial charge < -0.3 is 10.5 Å². The minimum Gasteiger partial charge on any atom is -0.443 e. The number of carbonyl (C=O) groups excluding carboxylic acids is 1. The highest BCUT2D eigenvalue weighted by atomic mass is 32.2. The first-order chi connectivity index (χ1) is 5.90. The molecule has 1 heterocycles. The van der Waals surface area contributed by atoms with Gasteiger partial charge >= 0.3 is 6.09 Å². The smallest absolute Gasteiger partial charge is 0.416 e. The summed E-state index contributed by atoms with van der Waals surface area (Å²) in [5.41, 5.74) is 4.80. The summed E-state index contributed by atoms with van der Waals surface area (Å²) < 4.78 is 5.13. The topological polar surface area (TPSA) is 55.6 Å². The molecule has 0 aromatic heterocycles. The fraction of sp³-hybridized carbons (Fsp3) is 0.625. The molecule has 0 aromatic carbocycles. The summed E-state index contributed by atoms with van der Waals surface area (Å²) in [4.78, 5) is 12.8. The Kier molecular flexibility index (Phi) is 2.87. The molecule has 4 nitrogen and oxygen atoms in total. The molecule has 1 aliphatic rings. The van der Waals surface area contributed by atoms with Gasteiger partial charge in [0.1, 0.15) is 11.1 Å². The van der Waals surface area contributed by atoms with Crippen molar-refractivity contribution in [3.05, 3.63) is 11.6 Å². The molecule has 1 amide bonds. The maximum absolute atomic E-state index is 11.4. The number of amides is 1. The molecule has 0 spiro atoms. The van der Waals surface area contributed by atoms with E-state index in [0.29, 0.717) is 0 Å². The van der Waals surface area contributed by atoms with Crippen LogP contribution in [0.2, 0.25) is 0 Å². The first-order valence-electron chi connectivity index (χ1n) is 3.99. The van der Waals surface area contributed by atoms with E-state index >= 15 is 0 Å². The average Bonchev–Trinajstić information content (AvgIpc) is 2.30. The summed E-state index contributed by atoms with van der Waals surface area (Å²) in [7, 11) is 0. The fourth-order valence-electron chi connectivity index (χ4n) is 0.811. The van der Waals surface area contributed by atoms with Gasteiger partial charge in [-0.3, -0.25) is 4.90 Å². The normalized spacial score (nSPS) is 22.2. The van der Waals surface area contributed by atoms with Crippen molar-refractivity contribution < 1.29 is 9.53 Å². The molecule has 2 N–H and O–H groups in total. The molecular formula is C8H14N2O2S. The number of thioether (sulfide) groups is 1. The third-order valence-electron chi connectivity index (χ3n) is 1.32. The molecule has 0 saturated carbocycles. The van der Waals surface area contributed by atoms with E-state index < -0.39 is 11.7 Å². The lowest BCUT2D eigenvalue weighted by Gasteiger charge is -2.25. The molecule has 1 aliphatic heterocycles. The van der Waals surface area contributed by atoms with Gasteiger partial charge in [-0.25, -0.2) is 4.79 Å². The van der Waals surface area contributed by atoms with Crippen molar-refractivity contribution in [2.75, 3.05) is 0 Å². The third kappa shape index (κ3) is 2.93. The Morgan fingerprint density at radius 3 is 2.62 bits per heavy atom. The van der Waals surface area contributed by atoms with Crippen molar-refractivity contribution in [3.8, 4) is 0 Å². The second kappa shape index (κ2) is 3.59. The lowest BCUT2D eigenvalue weighted by atomic mass is 10.2. The molecule has 0 aliphatic carbocycles. The van der Waals surface area contributed by atoms with Gasteiger partial charge in [-0.1, -0.05) is 11.8 Å². The molecule has 74 valence electrons. The number of ether oxygens (including phenoxy) is 1. The Morgan fingerprint density at radius 1 is 1.62 bits per heavy atom. The van der Waals surface area contributed by atoms with E-state index in [1.54, 1.807) is 11.6 Å². The quantitative estimate of drug-likeness (QED) is 0.649. The average molecular weight is 202 g/mol. The fourth-order valence-corrected chi connectivity index (χ4v) is 1.46. The van der Waals surface area contributed by atoms with Crippen LogP contribution in [0.15, 0.2) is 11.6 Å². The molecule has 1 rings (SSSR count). The second-order valence-electron chi connectivity index (χ2n) is 3.70. The van der Waals surface area contributed by atoms with E-state index in [1.165, 1.54) is 16.7 Å². The molecule has 0 saturated heterocycles. The van der Waals surface area contributed by atoms with Gasteiger partial charge in [-0.15, -0.1) is 0 Å². The Balaban J connectivity index is 2.53. The SMILES string of the molecule is CC(C)(C)OC(=O)N1C=CSC1N. The van der Waals surface area contributed by atoms with Crippen LogP contribution in [0.5, 0.6) is 0 Å². The molecule has 13 heavy (non-hydrogen) atoms. The van der Waals surface area contributed by atoms with Crippen LogP contribution in [0.3, 0.4) is 0 Å². The summed E-state index contributed by atoms with van der Waals surface area (Å²) in [6.07, 6.45) is 1.23. The van der Waals surface area contributed by atoms with Gasteiger partial charge in [-0.05, 0) is 26.2 Å². The van der Waals surface area contributed by atoms with Crippen LogP contribution in [0, 0.1) is 0 Å². The Bertz CT molecular complexity index is 235. The summed E-state index contributed by atoms with van der Waals surface area (Å²) >= 11 is 1.38. The third-order valence-corrected chi connectivity index (χ3v) is 2.10. The van der Waals surface area contributed by atoms with E-state index in [9.17, 15) is 4.79 Å². The van der Waals surface area contributed by atoms with Crippen LogP contribution < -0.4 is 5.73 Å². The molecule has 0 bridgehead atoms. The minimum absolute atomic E-state index is 0.352. The van der Waals surface area contributed by atoms with Gasteiger partial charge in [-0.2, -0.15) is 0 Å². The van der Waals surface area contributed by atoms with E-state index in [4.69, 9.17) is 10.5 Å². The van der Waals surface area contributed by atoms with Gasteiger partial charge in [0.25, 0.3) is 0 Å². The van der Waals surface area contributed by atoms with Crippen LogP contribution >= 0.6 is 11.8 Å². The zero-order chi connectivity index (χ0) is 10.1. The number of nitrogens with zero attached hydrogens (tertiary/aromatic N) is 1. The lowest BCUT2D eigenvalue weighted by molar-refractivity contribution is 0.0327. The molecule has 0 fully saturated rings.